The Hall–Kier alpha value is -4.26. The van der Waals surface area contributed by atoms with Gasteiger partial charge in [0.15, 0.2) is 23.0 Å². The number of methoxy groups -OCH3 is 4. The molecule has 16 heteroatoms. The average molecular weight is 861 g/mol. The number of nitrogens with zero attached hydrogens (tertiary/aromatic N) is 4. The highest BCUT2D eigenvalue weighted by Gasteiger charge is 2.73. The molecule has 6 saturated heterocycles. The minimum atomic E-state index is -0.0242. The van der Waals surface area contributed by atoms with E-state index in [0.717, 1.165) is 61.9 Å². The summed E-state index contributed by atoms with van der Waals surface area (Å²) < 4.78 is 35.2. The van der Waals surface area contributed by atoms with E-state index in [1.807, 2.05) is 12.1 Å². The first-order chi connectivity index (χ1) is 28.3. The van der Waals surface area contributed by atoms with Crippen LogP contribution >= 0.6 is 0 Å². The maximum atomic E-state index is 13.5. The van der Waals surface area contributed by atoms with Crippen molar-refractivity contribution in [1.82, 2.24) is 9.80 Å². The molecule has 4 bridgehead atoms. The second kappa shape index (κ2) is 14.6. The van der Waals surface area contributed by atoms with Crippen molar-refractivity contribution < 1.29 is 59.9 Å². The lowest BCUT2D eigenvalue weighted by Crippen LogP contribution is -2.69. The number of anilines is 2. The molecule has 14 rings (SSSR count). The van der Waals surface area contributed by atoms with E-state index >= 15 is 0 Å². The molecule has 2 amide bonds. The van der Waals surface area contributed by atoms with Gasteiger partial charge in [-0.3, -0.25) is 19.4 Å². The van der Waals surface area contributed by atoms with Crippen molar-refractivity contribution >= 4 is 23.2 Å². The number of fused-ring (bicyclic) bond motifs is 4. The van der Waals surface area contributed by atoms with Gasteiger partial charge >= 0.3 is 0 Å². The van der Waals surface area contributed by atoms with Crippen LogP contribution < -0.4 is 28.7 Å². The van der Waals surface area contributed by atoms with E-state index in [-0.39, 0.29) is 68.8 Å². The molecule has 12 aliphatic rings. The Kier molecular flexibility index (Phi) is 10.2. The fraction of sp³-hybridized carbons (Fsp3) is 0.609. The predicted octanol–water partition coefficient (Wildman–Crippen LogP) is 0.921. The van der Waals surface area contributed by atoms with Gasteiger partial charge in [0.1, 0.15) is 0 Å². The molecule has 16 nitrogen and oxygen atoms in total. The zero-order valence-corrected chi connectivity index (χ0v) is 35.8. The summed E-state index contributed by atoms with van der Waals surface area (Å²) in [6.45, 7) is 5.61. The third-order valence-corrected chi connectivity index (χ3v) is 17.6. The Labute approximate surface area is 360 Å². The summed E-state index contributed by atoms with van der Waals surface area (Å²) in [5, 5.41) is 0. The quantitative estimate of drug-likeness (QED) is 0.395. The summed E-state index contributed by atoms with van der Waals surface area (Å²) in [4.78, 5) is 36.5. The molecule has 2 aromatic rings. The van der Waals surface area contributed by atoms with Crippen LogP contribution in [0, 0.1) is 23.7 Å². The Bertz CT molecular complexity index is 2110. The summed E-state index contributed by atoms with van der Waals surface area (Å²) in [6, 6.07) is 9.74. The topological polar surface area (TPSA) is 228 Å². The third kappa shape index (κ3) is 4.95. The largest absolute Gasteiger partial charge is 0.493 e. The number of benzene rings is 2. The Morgan fingerprint density at radius 3 is 1.35 bits per heavy atom. The molecule has 10 heterocycles. The molecule has 62 heavy (non-hydrogen) atoms. The summed E-state index contributed by atoms with van der Waals surface area (Å²) in [5.41, 5.74) is 7.70. The number of amides is 2. The molecular formula is C46H60N4O12. The highest BCUT2D eigenvalue weighted by molar-refractivity contribution is 6.01. The Balaban J connectivity index is 0.000000148. The van der Waals surface area contributed by atoms with Crippen molar-refractivity contribution in [2.24, 2.45) is 23.7 Å². The molecular weight excluding hydrogens is 801 g/mol. The number of carbonyl (C=O) groups excluding carboxylic acids is 2. The molecule has 2 aromatic carbocycles. The van der Waals surface area contributed by atoms with Gasteiger partial charge in [0.2, 0.25) is 11.8 Å². The molecule has 12 atom stereocenters. The fourth-order valence-corrected chi connectivity index (χ4v) is 15.7. The minimum Gasteiger partial charge on any atom is -0.493 e. The Morgan fingerprint density at radius 1 is 0.581 bits per heavy atom. The monoisotopic (exact) mass is 860 g/mol. The standard InChI is InChI=1S/2C23H26N2O4.4H2O/c2*1-27-16-8-14-15(9-17(16)28-2)25-20(26)10-18-21-13-7-19-23(14,22(21)25)4-5-24(19)11-12(13)3-6-29-18;;;;/h2*3,8-9,13,18-19,21-22H,4-7,10-11H2,1-2H3;4*1H2/t2*13-,18-,19-,21-,22-,23+;;;;/m00..../s1. The summed E-state index contributed by atoms with van der Waals surface area (Å²) in [5.74, 6) is 5.15. The van der Waals surface area contributed by atoms with Gasteiger partial charge in [-0.25, -0.2) is 0 Å². The van der Waals surface area contributed by atoms with Crippen LogP contribution in [0.25, 0.3) is 0 Å². The number of rotatable bonds is 4. The molecule has 0 unspecified atom stereocenters. The van der Waals surface area contributed by atoms with Crippen LogP contribution in [0.3, 0.4) is 0 Å². The van der Waals surface area contributed by atoms with Gasteiger partial charge in [0, 0.05) is 60.0 Å². The molecule has 10 aliphatic heterocycles. The van der Waals surface area contributed by atoms with Crippen LogP contribution in [-0.4, -0.2) is 148 Å². The molecule has 8 fully saturated rings. The lowest BCUT2D eigenvalue weighted by Gasteiger charge is -2.58. The van der Waals surface area contributed by atoms with E-state index in [9.17, 15) is 9.59 Å². The van der Waals surface area contributed by atoms with Crippen LogP contribution in [0.2, 0.25) is 0 Å². The van der Waals surface area contributed by atoms with Gasteiger partial charge < -0.3 is 60.1 Å². The average Bonchev–Trinajstić information content (AvgIpc) is 3.92. The maximum Gasteiger partial charge on any atom is 0.229 e. The molecule has 0 radical (unpaired) electrons. The first kappa shape index (κ1) is 43.0. The van der Waals surface area contributed by atoms with Gasteiger partial charge in [0.05, 0.1) is 90.2 Å². The van der Waals surface area contributed by atoms with Gasteiger partial charge in [0.25, 0.3) is 0 Å². The van der Waals surface area contributed by atoms with E-state index in [0.29, 0.717) is 73.3 Å². The first-order valence-electron chi connectivity index (χ1n) is 21.6. The van der Waals surface area contributed by atoms with E-state index in [1.54, 1.807) is 39.6 Å². The van der Waals surface area contributed by atoms with E-state index < -0.39 is 0 Å². The van der Waals surface area contributed by atoms with Gasteiger partial charge in [-0.15, -0.1) is 0 Å². The summed E-state index contributed by atoms with van der Waals surface area (Å²) in [6.07, 6.45) is 10.2. The Morgan fingerprint density at radius 2 is 0.968 bits per heavy atom. The second-order valence-corrected chi connectivity index (χ2v) is 19.0. The fourth-order valence-electron chi connectivity index (χ4n) is 15.7. The van der Waals surface area contributed by atoms with Crippen LogP contribution in [-0.2, 0) is 29.9 Å². The second-order valence-electron chi connectivity index (χ2n) is 19.0. The zero-order valence-electron chi connectivity index (χ0n) is 35.8. The lowest BCUT2D eigenvalue weighted by atomic mass is 9.53. The number of ether oxygens (including phenoxy) is 6. The van der Waals surface area contributed by atoms with Crippen molar-refractivity contribution in [1.29, 1.82) is 0 Å². The lowest BCUT2D eigenvalue weighted by molar-refractivity contribution is -0.133. The zero-order chi connectivity index (χ0) is 39.0. The summed E-state index contributed by atoms with van der Waals surface area (Å²) >= 11 is 0. The predicted molar refractivity (Wildman–Crippen MR) is 227 cm³/mol. The van der Waals surface area contributed by atoms with Crippen molar-refractivity contribution in [2.45, 2.75) is 85.7 Å². The minimum absolute atomic E-state index is 0. The summed E-state index contributed by atoms with van der Waals surface area (Å²) in [7, 11) is 6.72. The molecule has 2 saturated carbocycles. The van der Waals surface area contributed by atoms with Crippen molar-refractivity contribution in [3.63, 3.8) is 0 Å². The van der Waals surface area contributed by atoms with E-state index in [4.69, 9.17) is 28.4 Å². The molecule has 8 N–H and O–H groups in total. The van der Waals surface area contributed by atoms with Crippen LogP contribution in [0.1, 0.15) is 49.7 Å². The highest BCUT2D eigenvalue weighted by atomic mass is 16.5. The van der Waals surface area contributed by atoms with Crippen LogP contribution in [0.15, 0.2) is 47.6 Å². The van der Waals surface area contributed by atoms with Crippen molar-refractivity contribution in [2.75, 3.05) is 77.6 Å². The SMILES string of the molecule is COc1cc2c(cc1OC)[C@@]13CCN4CC5=CCO[C@H]6CC(=O)N2[C@H]1[C@H]6[C@H]5C[C@H]43.COc1cc2c(cc1OC)[C@@]13CCN4CC5=CCO[C@H]6CC(=O)N2[C@H]1[C@H]6[C@H]5C[C@H]43.O.O.O.O. The van der Waals surface area contributed by atoms with Gasteiger partial charge in [-0.2, -0.15) is 0 Å². The van der Waals surface area contributed by atoms with E-state index in [1.165, 1.54) is 24.0 Å². The number of hydrogen-bond acceptors (Lipinski definition) is 10. The molecule has 336 valence electrons. The van der Waals surface area contributed by atoms with E-state index in [2.05, 4.69) is 43.9 Å². The number of piperidine rings is 4. The molecule has 2 aliphatic carbocycles. The number of carbonyl (C=O) groups is 2. The van der Waals surface area contributed by atoms with Gasteiger partial charge in [-0.05, 0) is 73.9 Å². The van der Waals surface area contributed by atoms with Crippen molar-refractivity contribution in [3.8, 4) is 23.0 Å². The van der Waals surface area contributed by atoms with Crippen LogP contribution in [0.5, 0.6) is 23.0 Å². The third-order valence-electron chi connectivity index (χ3n) is 17.6. The van der Waals surface area contributed by atoms with Crippen LogP contribution in [0.4, 0.5) is 11.4 Å². The molecule has 2 spiro atoms. The van der Waals surface area contributed by atoms with Crippen molar-refractivity contribution in [3.05, 3.63) is 58.7 Å². The van der Waals surface area contributed by atoms with Gasteiger partial charge in [-0.1, -0.05) is 23.3 Å². The highest BCUT2D eigenvalue weighted by Crippen LogP contribution is 2.68. The normalized spacial score (nSPS) is 38.4. The smallest absolute Gasteiger partial charge is 0.229 e. The first-order valence-corrected chi connectivity index (χ1v) is 21.6. The molecule has 0 aromatic heterocycles. The number of hydrogen-bond donors (Lipinski definition) is 0. The maximum absolute atomic E-state index is 13.5.